The Balaban J connectivity index is 4.11. The SMILES string of the molecule is C=C/C(=C\C)C(C)C=C. The van der Waals surface area contributed by atoms with E-state index in [1.54, 1.807) is 0 Å². The summed E-state index contributed by atoms with van der Waals surface area (Å²) < 4.78 is 0. The molecule has 50 valence electrons. The summed E-state index contributed by atoms with van der Waals surface area (Å²) in [6.07, 6.45) is 5.84. The van der Waals surface area contributed by atoms with E-state index in [1.807, 2.05) is 19.1 Å². The molecule has 0 bridgehead atoms. The molecule has 0 amide bonds. The molecule has 0 heteroatoms. The van der Waals surface area contributed by atoms with Crippen molar-refractivity contribution < 1.29 is 0 Å². The third-order valence-electron chi connectivity index (χ3n) is 1.45. The van der Waals surface area contributed by atoms with Gasteiger partial charge in [0.1, 0.15) is 0 Å². The van der Waals surface area contributed by atoms with Crippen molar-refractivity contribution in [2.45, 2.75) is 13.8 Å². The lowest BCUT2D eigenvalue weighted by atomic mass is 10.0. The van der Waals surface area contributed by atoms with E-state index in [9.17, 15) is 0 Å². The van der Waals surface area contributed by atoms with Crippen LogP contribution in [0.4, 0.5) is 0 Å². The number of allylic oxidation sites excluding steroid dienone is 4. The lowest BCUT2D eigenvalue weighted by molar-refractivity contribution is 0.892. The second-order valence-corrected chi connectivity index (χ2v) is 2.02. The molecule has 0 heterocycles. The molecule has 0 saturated heterocycles. The summed E-state index contributed by atoms with van der Waals surface area (Å²) in [7, 11) is 0. The zero-order valence-electron chi connectivity index (χ0n) is 6.22. The zero-order chi connectivity index (χ0) is 7.28. The third kappa shape index (κ3) is 2.31. The van der Waals surface area contributed by atoms with Crippen LogP contribution in [0, 0.1) is 5.92 Å². The highest BCUT2D eigenvalue weighted by molar-refractivity contribution is 5.21. The van der Waals surface area contributed by atoms with E-state index in [1.165, 1.54) is 5.57 Å². The maximum absolute atomic E-state index is 3.69. The predicted octanol–water partition coefficient (Wildman–Crippen LogP) is 2.94. The summed E-state index contributed by atoms with van der Waals surface area (Å²) in [6.45, 7) is 11.5. The minimum Gasteiger partial charge on any atom is -0.102 e. The van der Waals surface area contributed by atoms with Crippen LogP contribution < -0.4 is 0 Å². The van der Waals surface area contributed by atoms with Crippen LogP contribution in [-0.2, 0) is 0 Å². The van der Waals surface area contributed by atoms with Gasteiger partial charge in [-0.15, -0.1) is 6.58 Å². The average Bonchev–Trinajstić information content (AvgIpc) is 1.90. The largest absolute Gasteiger partial charge is 0.102 e. The Morgan fingerprint density at radius 1 is 1.44 bits per heavy atom. The van der Waals surface area contributed by atoms with Crippen LogP contribution in [-0.4, -0.2) is 0 Å². The molecular weight excluding hydrogens is 108 g/mol. The van der Waals surface area contributed by atoms with Crippen LogP contribution in [0.25, 0.3) is 0 Å². The molecule has 0 aliphatic carbocycles. The monoisotopic (exact) mass is 122 g/mol. The smallest absolute Gasteiger partial charge is 0.00166 e. The van der Waals surface area contributed by atoms with Gasteiger partial charge in [0.2, 0.25) is 0 Å². The van der Waals surface area contributed by atoms with E-state index < -0.39 is 0 Å². The fourth-order valence-corrected chi connectivity index (χ4v) is 0.703. The third-order valence-corrected chi connectivity index (χ3v) is 1.45. The fraction of sp³-hybridized carbons (Fsp3) is 0.333. The van der Waals surface area contributed by atoms with Crippen LogP contribution in [0.2, 0.25) is 0 Å². The Morgan fingerprint density at radius 3 is 2.11 bits per heavy atom. The lowest BCUT2D eigenvalue weighted by Gasteiger charge is -2.04. The first kappa shape index (κ1) is 8.22. The molecule has 0 spiro atoms. The Bertz CT molecular complexity index is 129. The molecule has 1 unspecified atom stereocenters. The highest BCUT2D eigenvalue weighted by Crippen LogP contribution is 2.10. The lowest BCUT2D eigenvalue weighted by Crippen LogP contribution is -1.89. The van der Waals surface area contributed by atoms with E-state index in [2.05, 4.69) is 26.2 Å². The number of hydrogen-bond acceptors (Lipinski definition) is 0. The highest BCUT2D eigenvalue weighted by Gasteiger charge is 1.96. The standard InChI is InChI=1S/C9H14/c1-5-8(4)9(6-2)7-3/h5-8H,1-2H2,3-4H3/b9-7+. The molecule has 0 aliphatic rings. The summed E-state index contributed by atoms with van der Waals surface area (Å²) in [5.74, 6) is 0.437. The van der Waals surface area contributed by atoms with Gasteiger partial charge in [-0.05, 0) is 18.4 Å². The average molecular weight is 122 g/mol. The normalized spacial score (nSPS) is 14.7. The van der Waals surface area contributed by atoms with Gasteiger partial charge in [-0.25, -0.2) is 0 Å². The second-order valence-electron chi connectivity index (χ2n) is 2.02. The van der Waals surface area contributed by atoms with Gasteiger partial charge in [-0.1, -0.05) is 31.7 Å². The van der Waals surface area contributed by atoms with Gasteiger partial charge in [0.25, 0.3) is 0 Å². The molecule has 0 aromatic rings. The van der Waals surface area contributed by atoms with Crippen LogP contribution in [0.3, 0.4) is 0 Å². The van der Waals surface area contributed by atoms with Gasteiger partial charge in [-0.2, -0.15) is 0 Å². The molecule has 0 nitrogen and oxygen atoms in total. The Labute approximate surface area is 57.6 Å². The van der Waals surface area contributed by atoms with Crippen molar-refractivity contribution in [3.8, 4) is 0 Å². The summed E-state index contributed by atoms with van der Waals surface area (Å²) in [6, 6.07) is 0. The Hall–Kier alpha value is -0.780. The highest BCUT2D eigenvalue weighted by atomic mass is 14.0. The number of hydrogen-bond donors (Lipinski definition) is 0. The van der Waals surface area contributed by atoms with Crippen molar-refractivity contribution in [1.82, 2.24) is 0 Å². The molecular formula is C9H14. The summed E-state index contributed by atoms with van der Waals surface area (Å²) in [4.78, 5) is 0. The Kier molecular flexibility index (Phi) is 3.78. The summed E-state index contributed by atoms with van der Waals surface area (Å²) in [5.41, 5.74) is 1.24. The van der Waals surface area contributed by atoms with Crippen molar-refractivity contribution in [2.75, 3.05) is 0 Å². The molecule has 0 fully saturated rings. The van der Waals surface area contributed by atoms with Gasteiger partial charge in [-0.3, -0.25) is 0 Å². The van der Waals surface area contributed by atoms with E-state index in [0.717, 1.165) is 0 Å². The van der Waals surface area contributed by atoms with Crippen molar-refractivity contribution in [3.63, 3.8) is 0 Å². The molecule has 0 N–H and O–H groups in total. The Morgan fingerprint density at radius 2 is 2.00 bits per heavy atom. The number of rotatable bonds is 3. The van der Waals surface area contributed by atoms with Crippen LogP contribution >= 0.6 is 0 Å². The zero-order valence-corrected chi connectivity index (χ0v) is 6.22. The quantitative estimate of drug-likeness (QED) is 0.399. The summed E-state index contributed by atoms with van der Waals surface area (Å²) >= 11 is 0. The maximum Gasteiger partial charge on any atom is -0.00166 e. The van der Waals surface area contributed by atoms with Gasteiger partial charge >= 0.3 is 0 Å². The maximum atomic E-state index is 3.69. The van der Waals surface area contributed by atoms with Gasteiger partial charge < -0.3 is 0 Å². The van der Waals surface area contributed by atoms with Crippen molar-refractivity contribution in [2.24, 2.45) is 5.92 Å². The molecule has 9 heavy (non-hydrogen) atoms. The molecule has 0 aromatic heterocycles. The van der Waals surface area contributed by atoms with Crippen LogP contribution in [0.15, 0.2) is 37.0 Å². The minimum atomic E-state index is 0.437. The molecule has 0 saturated carbocycles. The van der Waals surface area contributed by atoms with Crippen molar-refractivity contribution in [1.29, 1.82) is 0 Å². The minimum absolute atomic E-state index is 0.437. The molecule has 0 radical (unpaired) electrons. The van der Waals surface area contributed by atoms with E-state index >= 15 is 0 Å². The predicted molar refractivity (Wildman–Crippen MR) is 43.3 cm³/mol. The van der Waals surface area contributed by atoms with E-state index in [4.69, 9.17) is 0 Å². The topological polar surface area (TPSA) is 0 Å². The van der Waals surface area contributed by atoms with Gasteiger partial charge in [0.15, 0.2) is 0 Å². The molecule has 0 aliphatic heterocycles. The first-order valence-electron chi connectivity index (χ1n) is 3.17. The van der Waals surface area contributed by atoms with Crippen molar-refractivity contribution >= 4 is 0 Å². The van der Waals surface area contributed by atoms with Crippen LogP contribution in [0.5, 0.6) is 0 Å². The molecule has 0 aromatic carbocycles. The first-order valence-corrected chi connectivity index (χ1v) is 3.17. The summed E-state index contributed by atoms with van der Waals surface area (Å²) in [5, 5.41) is 0. The fourth-order valence-electron chi connectivity index (χ4n) is 0.703. The van der Waals surface area contributed by atoms with Gasteiger partial charge in [0, 0.05) is 0 Å². The van der Waals surface area contributed by atoms with E-state index in [0.29, 0.717) is 5.92 Å². The van der Waals surface area contributed by atoms with Crippen LogP contribution in [0.1, 0.15) is 13.8 Å². The van der Waals surface area contributed by atoms with Gasteiger partial charge in [0.05, 0.1) is 0 Å². The molecule has 0 rings (SSSR count). The van der Waals surface area contributed by atoms with E-state index in [-0.39, 0.29) is 0 Å². The van der Waals surface area contributed by atoms with Crippen molar-refractivity contribution in [3.05, 3.63) is 37.0 Å². The molecule has 1 atom stereocenters. The first-order chi connectivity index (χ1) is 4.26. The second kappa shape index (κ2) is 4.13.